The van der Waals surface area contributed by atoms with Crippen LogP contribution < -0.4 is 10.1 Å². The van der Waals surface area contributed by atoms with Gasteiger partial charge in [0.2, 0.25) is 0 Å². The molecule has 2 heteroatoms. The van der Waals surface area contributed by atoms with E-state index < -0.39 is 0 Å². The van der Waals surface area contributed by atoms with Crippen LogP contribution in [-0.2, 0) is 6.42 Å². The summed E-state index contributed by atoms with van der Waals surface area (Å²) in [5, 5.41) is 3.44. The Hall–Kier alpha value is -1.02. The van der Waals surface area contributed by atoms with Crippen molar-refractivity contribution in [2.75, 3.05) is 6.54 Å². The van der Waals surface area contributed by atoms with Gasteiger partial charge >= 0.3 is 0 Å². The molecule has 1 aromatic carbocycles. The fourth-order valence-corrected chi connectivity index (χ4v) is 2.33. The molecule has 1 aromatic rings. The Labute approximate surface area is 104 Å². The lowest BCUT2D eigenvalue weighted by Crippen LogP contribution is -2.46. The minimum Gasteiger partial charge on any atom is -0.490 e. The number of hydrogen-bond acceptors (Lipinski definition) is 2. The van der Waals surface area contributed by atoms with Crippen molar-refractivity contribution < 1.29 is 4.74 Å². The minimum absolute atomic E-state index is 0.413. The number of ether oxygens (including phenoxy) is 1. The van der Waals surface area contributed by atoms with E-state index in [2.05, 4.69) is 43.4 Å². The summed E-state index contributed by atoms with van der Waals surface area (Å²) in [5.74, 6) is 1.02. The Morgan fingerprint density at radius 3 is 2.47 bits per heavy atom. The van der Waals surface area contributed by atoms with Gasteiger partial charge in [0, 0.05) is 6.04 Å². The highest BCUT2D eigenvalue weighted by atomic mass is 16.5. The molecule has 1 N–H and O–H groups in total. The van der Waals surface area contributed by atoms with Gasteiger partial charge in [-0.3, -0.25) is 0 Å². The van der Waals surface area contributed by atoms with E-state index in [-0.39, 0.29) is 0 Å². The van der Waals surface area contributed by atoms with Crippen LogP contribution in [-0.4, -0.2) is 18.7 Å². The highest BCUT2D eigenvalue weighted by Crippen LogP contribution is 2.26. The molecule has 0 saturated heterocycles. The molecule has 0 bridgehead atoms. The summed E-state index contributed by atoms with van der Waals surface area (Å²) in [6, 6.07) is 9.24. The molecule has 94 valence electrons. The molecule has 2 rings (SSSR count). The number of aryl methyl sites for hydroxylation is 1. The first-order chi connectivity index (χ1) is 8.31. The van der Waals surface area contributed by atoms with E-state index in [0.717, 1.165) is 31.6 Å². The third-order valence-corrected chi connectivity index (χ3v) is 3.35. The van der Waals surface area contributed by atoms with Gasteiger partial charge in [0.25, 0.3) is 0 Å². The topological polar surface area (TPSA) is 21.3 Å². The summed E-state index contributed by atoms with van der Waals surface area (Å²) >= 11 is 0. The first-order valence-corrected chi connectivity index (χ1v) is 6.80. The van der Waals surface area contributed by atoms with E-state index in [0.29, 0.717) is 12.1 Å². The Balaban J connectivity index is 1.76. The van der Waals surface area contributed by atoms with Crippen LogP contribution in [0, 0.1) is 0 Å². The van der Waals surface area contributed by atoms with Crippen LogP contribution in [0.2, 0.25) is 0 Å². The van der Waals surface area contributed by atoms with E-state index in [1.54, 1.807) is 0 Å². The Bertz CT molecular complexity index is 327. The Morgan fingerprint density at radius 1 is 1.18 bits per heavy atom. The van der Waals surface area contributed by atoms with Gasteiger partial charge < -0.3 is 10.1 Å². The lowest BCUT2D eigenvalue weighted by atomic mass is 9.89. The number of nitrogens with one attached hydrogen (secondary N) is 1. The predicted octanol–water partition coefficient (Wildman–Crippen LogP) is 3.16. The van der Waals surface area contributed by atoms with Gasteiger partial charge in [0.1, 0.15) is 11.9 Å². The summed E-state index contributed by atoms with van der Waals surface area (Å²) in [5.41, 5.74) is 1.40. The number of rotatable bonds is 6. The molecule has 0 spiro atoms. The molecule has 1 fully saturated rings. The molecule has 0 aromatic heterocycles. The van der Waals surface area contributed by atoms with Crippen molar-refractivity contribution in [3.63, 3.8) is 0 Å². The van der Waals surface area contributed by atoms with Crippen molar-refractivity contribution in [1.82, 2.24) is 5.32 Å². The van der Waals surface area contributed by atoms with E-state index in [4.69, 9.17) is 4.74 Å². The molecule has 0 unspecified atom stereocenters. The standard InChI is InChI=1S/C15H23NO/c1-3-5-12-6-8-14(9-7-12)17-15-10-13(11-15)16-4-2/h6-9,13,15-16H,3-5,10-11H2,1-2H3. The third-order valence-electron chi connectivity index (χ3n) is 3.35. The van der Waals surface area contributed by atoms with Crippen LogP contribution in [0.1, 0.15) is 38.7 Å². The normalized spacial score (nSPS) is 23.2. The monoisotopic (exact) mass is 233 g/mol. The maximum atomic E-state index is 5.92. The molecule has 1 aliphatic rings. The van der Waals surface area contributed by atoms with Crippen LogP contribution in [0.25, 0.3) is 0 Å². The largest absolute Gasteiger partial charge is 0.490 e. The number of hydrogen-bond donors (Lipinski definition) is 1. The smallest absolute Gasteiger partial charge is 0.119 e. The molecule has 0 heterocycles. The van der Waals surface area contributed by atoms with E-state index in [1.807, 2.05) is 0 Å². The molecule has 0 atom stereocenters. The summed E-state index contributed by atoms with van der Waals surface area (Å²) in [7, 11) is 0. The van der Waals surface area contributed by atoms with Crippen molar-refractivity contribution in [2.24, 2.45) is 0 Å². The van der Waals surface area contributed by atoms with E-state index in [9.17, 15) is 0 Å². The van der Waals surface area contributed by atoms with Crippen LogP contribution in [0.5, 0.6) is 5.75 Å². The second-order valence-corrected chi connectivity index (χ2v) is 4.86. The summed E-state index contributed by atoms with van der Waals surface area (Å²) in [6.07, 6.45) is 5.06. The molecule has 1 saturated carbocycles. The Kier molecular flexibility index (Phi) is 4.43. The van der Waals surface area contributed by atoms with Gasteiger partial charge in [-0.2, -0.15) is 0 Å². The second-order valence-electron chi connectivity index (χ2n) is 4.86. The average Bonchev–Trinajstić information content (AvgIpc) is 2.29. The SMILES string of the molecule is CCCc1ccc(OC2CC(NCC)C2)cc1. The van der Waals surface area contributed by atoms with Crippen molar-refractivity contribution in [1.29, 1.82) is 0 Å². The lowest BCUT2D eigenvalue weighted by Gasteiger charge is -2.35. The van der Waals surface area contributed by atoms with E-state index in [1.165, 1.54) is 12.0 Å². The second kappa shape index (κ2) is 6.06. The molecule has 17 heavy (non-hydrogen) atoms. The first-order valence-electron chi connectivity index (χ1n) is 6.80. The zero-order valence-corrected chi connectivity index (χ0v) is 10.9. The Morgan fingerprint density at radius 2 is 1.88 bits per heavy atom. The van der Waals surface area contributed by atoms with Crippen LogP contribution >= 0.6 is 0 Å². The van der Waals surface area contributed by atoms with Crippen molar-refractivity contribution >= 4 is 0 Å². The van der Waals surface area contributed by atoms with Crippen LogP contribution in [0.3, 0.4) is 0 Å². The van der Waals surface area contributed by atoms with E-state index >= 15 is 0 Å². The maximum absolute atomic E-state index is 5.92. The fraction of sp³-hybridized carbons (Fsp3) is 0.600. The molecule has 0 radical (unpaired) electrons. The highest BCUT2D eigenvalue weighted by molar-refractivity contribution is 5.27. The molecule has 0 aliphatic heterocycles. The fourth-order valence-electron chi connectivity index (χ4n) is 2.33. The quantitative estimate of drug-likeness (QED) is 0.815. The minimum atomic E-state index is 0.413. The van der Waals surface area contributed by atoms with Crippen molar-refractivity contribution in [3.8, 4) is 5.75 Å². The number of benzene rings is 1. The zero-order valence-electron chi connectivity index (χ0n) is 10.9. The summed E-state index contributed by atoms with van der Waals surface area (Å²) in [4.78, 5) is 0. The van der Waals surface area contributed by atoms with Gasteiger partial charge in [-0.1, -0.05) is 32.4 Å². The van der Waals surface area contributed by atoms with Gasteiger partial charge in [0.15, 0.2) is 0 Å². The molecule has 2 nitrogen and oxygen atoms in total. The van der Waals surface area contributed by atoms with Crippen molar-refractivity contribution in [2.45, 2.75) is 51.7 Å². The van der Waals surface area contributed by atoms with Gasteiger partial charge in [-0.25, -0.2) is 0 Å². The predicted molar refractivity (Wildman–Crippen MR) is 71.6 cm³/mol. The van der Waals surface area contributed by atoms with Crippen LogP contribution in [0.15, 0.2) is 24.3 Å². The molecular weight excluding hydrogens is 210 g/mol. The average molecular weight is 233 g/mol. The van der Waals surface area contributed by atoms with Gasteiger partial charge in [-0.15, -0.1) is 0 Å². The first kappa shape index (κ1) is 12.4. The van der Waals surface area contributed by atoms with Gasteiger partial charge in [0.05, 0.1) is 0 Å². The summed E-state index contributed by atoms with van der Waals surface area (Å²) < 4.78 is 5.92. The zero-order chi connectivity index (χ0) is 12.1. The van der Waals surface area contributed by atoms with Gasteiger partial charge in [-0.05, 0) is 43.5 Å². The molecule has 1 aliphatic carbocycles. The van der Waals surface area contributed by atoms with Crippen LogP contribution in [0.4, 0.5) is 0 Å². The van der Waals surface area contributed by atoms with Crippen molar-refractivity contribution in [3.05, 3.63) is 29.8 Å². The lowest BCUT2D eigenvalue weighted by molar-refractivity contribution is 0.0859. The molecular formula is C15H23NO. The third kappa shape index (κ3) is 3.47. The highest BCUT2D eigenvalue weighted by Gasteiger charge is 2.29. The molecule has 0 amide bonds. The maximum Gasteiger partial charge on any atom is 0.119 e. The summed E-state index contributed by atoms with van der Waals surface area (Å²) in [6.45, 7) is 5.42.